The van der Waals surface area contributed by atoms with Gasteiger partial charge in [0.25, 0.3) is 5.91 Å². The Morgan fingerprint density at radius 3 is 2.71 bits per heavy atom. The van der Waals surface area contributed by atoms with Gasteiger partial charge >= 0.3 is 0 Å². The van der Waals surface area contributed by atoms with E-state index in [1.165, 1.54) is 6.07 Å². The molecule has 0 saturated heterocycles. The van der Waals surface area contributed by atoms with E-state index < -0.39 is 0 Å². The molecule has 0 aliphatic rings. The number of nitrogens with one attached hydrogen (secondary N) is 2. The van der Waals surface area contributed by atoms with Crippen molar-refractivity contribution >= 4 is 11.7 Å². The minimum atomic E-state index is -0.217. The van der Waals surface area contributed by atoms with Gasteiger partial charge in [0.2, 0.25) is 0 Å². The van der Waals surface area contributed by atoms with Crippen LogP contribution in [-0.2, 0) is 0 Å². The van der Waals surface area contributed by atoms with Crippen molar-refractivity contribution in [3.8, 4) is 0 Å². The zero-order valence-electron chi connectivity index (χ0n) is 9.47. The maximum Gasteiger partial charge on any atom is 0.269 e. The second-order valence-corrected chi connectivity index (χ2v) is 3.81. The zero-order chi connectivity index (χ0) is 12.3. The van der Waals surface area contributed by atoms with Gasteiger partial charge in [0.1, 0.15) is 11.5 Å². The van der Waals surface area contributed by atoms with Crippen molar-refractivity contribution in [3.63, 3.8) is 0 Å². The molecular formula is C12H14N4O. The number of aromatic amines is 1. The van der Waals surface area contributed by atoms with E-state index in [9.17, 15) is 4.79 Å². The van der Waals surface area contributed by atoms with Crippen molar-refractivity contribution in [3.05, 3.63) is 47.7 Å². The van der Waals surface area contributed by atoms with Crippen LogP contribution in [0.5, 0.6) is 0 Å². The first kappa shape index (κ1) is 11.2. The van der Waals surface area contributed by atoms with Gasteiger partial charge in [-0.05, 0) is 12.5 Å². The Morgan fingerprint density at radius 2 is 2.12 bits per heavy atom. The number of amides is 1. The third kappa shape index (κ3) is 2.63. The standard InChI is InChI=1S/C12H14N4O/c1-8(9-5-3-2-4-6-9)14-12(17)10-7-11(13)16-15-10/h2-8H,1H3,(H,14,17)(H3,13,15,16)/t8-/m0/s1. The molecule has 1 heterocycles. The molecule has 5 nitrogen and oxygen atoms in total. The first-order valence-corrected chi connectivity index (χ1v) is 5.33. The first-order chi connectivity index (χ1) is 8.16. The van der Waals surface area contributed by atoms with Crippen LogP contribution >= 0.6 is 0 Å². The van der Waals surface area contributed by atoms with E-state index in [0.29, 0.717) is 11.5 Å². The van der Waals surface area contributed by atoms with Crippen LogP contribution in [0.4, 0.5) is 5.82 Å². The lowest BCUT2D eigenvalue weighted by Crippen LogP contribution is -2.26. The van der Waals surface area contributed by atoms with Gasteiger partial charge in [-0.1, -0.05) is 30.3 Å². The van der Waals surface area contributed by atoms with Crippen LogP contribution in [0.2, 0.25) is 0 Å². The van der Waals surface area contributed by atoms with E-state index in [-0.39, 0.29) is 11.9 Å². The van der Waals surface area contributed by atoms with Crippen LogP contribution in [-0.4, -0.2) is 16.1 Å². The summed E-state index contributed by atoms with van der Waals surface area (Å²) in [5, 5.41) is 9.14. The van der Waals surface area contributed by atoms with Gasteiger partial charge in [-0.25, -0.2) is 0 Å². The average Bonchev–Trinajstić information content (AvgIpc) is 2.77. The molecule has 0 aliphatic heterocycles. The number of carbonyl (C=O) groups excluding carboxylic acids is 1. The van der Waals surface area contributed by atoms with Crippen LogP contribution in [0, 0.1) is 0 Å². The zero-order valence-corrected chi connectivity index (χ0v) is 9.47. The highest BCUT2D eigenvalue weighted by Crippen LogP contribution is 2.12. The van der Waals surface area contributed by atoms with Crippen LogP contribution < -0.4 is 11.1 Å². The molecule has 1 aromatic heterocycles. The van der Waals surface area contributed by atoms with Gasteiger partial charge in [-0.15, -0.1) is 0 Å². The molecule has 1 amide bonds. The molecule has 0 spiro atoms. The summed E-state index contributed by atoms with van der Waals surface area (Å²) >= 11 is 0. The number of anilines is 1. The molecule has 2 aromatic rings. The number of benzene rings is 1. The number of nitrogens with zero attached hydrogens (tertiary/aromatic N) is 1. The van der Waals surface area contributed by atoms with E-state index in [1.807, 2.05) is 37.3 Å². The predicted molar refractivity (Wildman–Crippen MR) is 65.3 cm³/mol. The van der Waals surface area contributed by atoms with Crippen LogP contribution in [0.25, 0.3) is 0 Å². The molecule has 88 valence electrons. The monoisotopic (exact) mass is 230 g/mol. The highest BCUT2D eigenvalue weighted by atomic mass is 16.2. The molecule has 0 aliphatic carbocycles. The lowest BCUT2D eigenvalue weighted by atomic mass is 10.1. The minimum Gasteiger partial charge on any atom is -0.382 e. The van der Waals surface area contributed by atoms with E-state index in [0.717, 1.165) is 5.56 Å². The Balaban J connectivity index is 2.04. The molecular weight excluding hydrogens is 216 g/mol. The fraction of sp³-hybridized carbons (Fsp3) is 0.167. The predicted octanol–water partition coefficient (Wildman–Crippen LogP) is 1.48. The fourth-order valence-electron chi connectivity index (χ4n) is 1.55. The lowest BCUT2D eigenvalue weighted by Gasteiger charge is -2.13. The Bertz CT molecular complexity index is 506. The largest absolute Gasteiger partial charge is 0.382 e. The van der Waals surface area contributed by atoms with Crippen LogP contribution in [0.3, 0.4) is 0 Å². The van der Waals surface area contributed by atoms with Crippen molar-refractivity contribution in [2.24, 2.45) is 0 Å². The summed E-state index contributed by atoms with van der Waals surface area (Å²) in [6, 6.07) is 11.2. The van der Waals surface area contributed by atoms with Crippen molar-refractivity contribution in [2.45, 2.75) is 13.0 Å². The van der Waals surface area contributed by atoms with Gasteiger partial charge in [0, 0.05) is 6.07 Å². The number of hydrogen-bond acceptors (Lipinski definition) is 3. The molecule has 17 heavy (non-hydrogen) atoms. The summed E-state index contributed by atoms with van der Waals surface area (Å²) in [4.78, 5) is 11.8. The summed E-state index contributed by atoms with van der Waals surface area (Å²) < 4.78 is 0. The van der Waals surface area contributed by atoms with Crippen LogP contribution in [0.1, 0.15) is 29.0 Å². The fourth-order valence-corrected chi connectivity index (χ4v) is 1.55. The summed E-state index contributed by atoms with van der Waals surface area (Å²) in [7, 11) is 0. The van der Waals surface area contributed by atoms with Gasteiger partial charge in [-0.3, -0.25) is 9.89 Å². The van der Waals surface area contributed by atoms with Crippen molar-refractivity contribution in [1.82, 2.24) is 15.5 Å². The normalized spacial score (nSPS) is 12.1. The van der Waals surface area contributed by atoms with Crippen molar-refractivity contribution in [2.75, 3.05) is 5.73 Å². The second-order valence-electron chi connectivity index (χ2n) is 3.81. The number of hydrogen-bond donors (Lipinski definition) is 3. The third-order valence-corrected chi connectivity index (χ3v) is 2.49. The van der Waals surface area contributed by atoms with E-state index in [1.54, 1.807) is 0 Å². The van der Waals surface area contributed by atoms with Crippen LogP contribution in [0.15, 0.2) is 36.4 Å². The number of H-pyrrole nitrogens is 1. The number of nitrogen functional groups attached to an aromatic ring is 1. The second kappa shape index (κ2) is 4.69. The number of rotatable bonds is 3. The Kier molecular flexibility index (Phi) is 3.09. The molecule has 0 unspecified atom stereocenters. The maximum absolute atomic E-state index is 11.8. The quantitative estimate of drug-likeness (QED) is 0.746. The number of nitrogens with two attached hydrogens (primary N) is 1. The van der Waals surface area contributed by atoms with Gasteiger partial charge in [0.05, 0.1) is 6.04 Å². The molecule has 0 bridgehead atoms. The van der Waals surface area contributed by atoms with Crippen molar-refractivity contribution < 1.29 is 4.79 Å². The smallest absolute Gasteiger partial charge is 0.269 e. The molecule has 1 atom stereocenters. The number of aromatic nitrogens is 2. The molecule has 0 saturated carbocycles. The van der Waals surface area contributed by atoms with Gasteiger partial charge in [-0.2, -0.15) is 5.10 Å². The highest BCUT2D eigenvalue weighted by molar-refractivity contribution is 5.93. The average molecular weight is 230 g/mol. The Labute approximate surface area is 99.0 Å². The summed E-state index contributed by atoms with van der Waals surface area (Å²) in [5.41, 5.74) is 6.85. The molecule has 5 heteroatoms. The molecule has 0 fully saturated rings. The third-order valence-electron chi connectivity index (χ3n) is 2.49. The molecule has 1 aromatic carbocycles. The van der Waals surface area contributed by atoms with Gasteiger partial charge in [0.15, 0.2) is 0 Å². The van der Waals surface area contributed by atoms with E-state index in [2.05, 4.69) is 15.5 Å². The van der Waals surface area contributed by atoms with E-state index in [4.69, 9.17) is 5.73 Å². The van der Waals surface area contributed by atoms with E-state index >= 15 is 0 Å². The Hall–Kier alpha value is -2.30. The Morgan fingerprint density at radius 1 is 1.41 bits per heavy atom. The van der Waals surface area contributed by atoms with Crippen molar-refractivity contribution in [1.29, 1.82) is 0 Å². The SMILES string of the molecule is C[C@H](NC(=O)c1cc(N)n[nH]1)c1ccccc1. The topological polar surface area (TPSA) is 83.8 Å². The maximum atomic E-state index is 11.8. The lowest BCUT2D eigenvalue weighted by molar-refractivity contribution is 0.0935. The number of carbonyl (C=O) groups is 1. The summed E-state index contributed by atoms with van der Waals surface area (Å²) in [6.07, 6.45) is 0. The summed E-state index contributed by atoms with van der Waals surface area (Å²) in [5.74, 6) is 0.0908. The molecule has 4 N–H and O–H groups in total. The van der Waals surface area contributed by atoms with Gasteiger partial charge < -0.3 is 11.1 Å². The minimum absolute atomic E-state index is 0.0618. The summed E-state index contributed by atoms with van der Waals surface area (Å²) in [6.45, 7) is 1.92. The first-order valence-electron chi connectivity index (χ1n) is 5.33. The molecule has 2 rings (SSSR count). The molecule has 0 radical (unpaired) electrons. The highest BCUT2D eigenvalue weighted by Gasteiger charge is 2.12.